The van der Waals surface area contributed by atoms with Gasteiger partial charge in [-0.1, -0.05) is 59.1 Å². The molecule has 1 amide bonds. The lowest BCUT2D eigenvalue weighted by Gasteiger charge is -2.10. The number of rotatable bonds is 6. The van der Waals surface area contributed by atoms with Crippen LogP contribution in [0.25, 0.3) is 22.2 Å². The molecule has 0 bridgehead atoms. The monoisotopic (exact) mass is 538 g/mol. The van der Waals surface area contributed by atoms with Gasteiger partial charge >= 0.3 is 0 Å². The summed E-state index contributed by atoms with van der Waals surface area (Å²) in [5.41, 5.74) is 4.25. The summed E-state index contributed by atoms with van der Waals surface area (Å²) >= 11 is 19.0. The number of fused-ring (bicyclic) bond motifs is 1. The summed E-state index contributed by atoms with van der Waals surface area (Å²) in [6.45, 7) is 4.99. The highest BCUT2D eigenvalue weighted by molar-refractivity contribution is 6.36. The van der Waals surface area contributed by atoms with Crippen LogP contribution in [-0.4, -0.2) is 30.5 Å². The number of hydrogen-bond donors (Lipinski definition) is 1. The van der Waals surface area contributed by atoms with Gasteiger partial charge in [0, 0.05) is 45.5 Å². The molecule has 3 aromatic heterocycles. The van der Waals surface area contributed by atoms with Crippen molar-refractivity contribution in [3.63, 3.8) is 0 Å². The van der Waals surface area contributed by atoms with Crippen LogP contribution in [0, 0.1) is 6.92 Å². The van der Waals surface area contributed by atoms with Crippen LogP contribution < -0.4 is 5.32 Å². The molecule has 0 aliphatic heterocycles. The van der Waals surface area contributed by atoms with Crippen LogP contribution in [-0.2, 0) is 13.1 Å². The van der Waals surface area contributed by atoms with Crippen molar-refractivity contribution in [2.75, 3.05) is 5.32 Å². The lowest BCUT2D eigenvalue weighted by atomic mass is 10.0. The number of aryl methyl sites for hydroxylation is 2. The van der Waals surface area contributed by atoms with E-state index in [4.69, 9.17) is 39.8 Å². The molecule has 0 fully saturated rings. The lowest BCUT2D eigenvalue weighted by Crippen LogP contribution is -2.14. The van der Waals surface area contributed by atoms with E-state index in [-0.39, 0.29) is 11.7 Å². The number of aromatic nitrogens is 5. The average Bonchev–Trinajstić information content (AvgIpc) is 3.42. The van der Waals surface area contributed by atoms with Crippen molar-refractivity contribution in [3.8, 4) is 11.3 Å². The number of nitrogens with one attached hydrogen (secondary N) is 1. The number of hydrogen-bond acceptors (Lipinski definition) is 4. The maximum atomic E-state index is 13.5. The molecule has 0 saturated carbocycles. The summed E-state index contributed by atoms with van der Waals surface area (Å²) in [7, 11) is 0. The standard InChI is InChI=1S/C26H21Cl3N6O/c1-3-34-12-18(15(2)32-34)24-11-17(16-7-4-5-10-23(16)30-24)26(36)31-25-22(29)14-35(33-25)13-19-20(27)8-6-9-21(19)28/h4-12,14H,3,13H2,1-2H3,(H,31,33,36). The third-order valence-corrected chi connectivity index (χ3v) is 6.82. The molecule has 0 aliphatic carbocycles. The third-order valence-electron chi connectivity index (χ3n) is 5.84. The number of benzene rings is 2. The summed E-state index contributed by atoms with van der Waals surface area (Å²) < 4.78 is 3.43. The fourth-order valence-corrected chi connectivity index (χ4v) is 4.73. The zero-order chi connectivity index (χ0) is 25.4. The molecule has 0 saturated heterocycles. The molecule has 182 valence electrons. The Kier molecular flexibility index (Phi) is 6.71. The molecule has 5 aromatic rings. The number of para-hydroxylation sites is 1. The van der Waals surface area contributed by atoms with E-state index in [9.17, 15) is 4.79 Å². The van der Waals surface area contributed by atoms with Crippen molar-refractivity contribution in [1.82, 2.24) is 24.5 Å². The fraction of sp³-hybridized carbons (Fsp3) is 0.154. The number of carbonyl (C=O) groups excluding carboxylic acids is 1. The maximum absolute atomic E-state index is 13.5. The van der Waals surface area contributed by atoms with Crippen LogP contribution in [0.3, 0.4) is 0 Å². The van der Waals surface area contributed by atoms with Gasteiger partial charge < -0.3 is 5.32 Å². The van der Waals surface area contributed by atoms with E-state index in [1.54, 1.807) is 35.1 Å². The van der Waals surface area contributed by atoms with E-state index in [1.165, 1.54) is 0 Å². The molecule has 10 heteroatoms. The smallest absolute Gasteiger partial charge is 0.257 e. The minimum Gasteiger partial charge on any atom is -0.304 e. The van der Waals surface area contributed by atoms with Crippen molar-refractivity contribution >= 4 is 57.4 Å². The number of anilines is 1. The highest BCUT2D eigenvalue weighted by Crippen LogP contribution is 2.29. The largest absolute Gasteiger partial charge is 0.304 e. The normalized spacial score (nSPS) is 11.2. The Hall–Kier alpha value is -3.39. The first-order valence-corrected chi connectivity index (χ1v) is 12.4. The Morgan fingerprint density at radius 3 is 2.42 bits per heavy atom. The van der Waals surface area contributed by atoms with E-state index in [0.29, 0.717) is 44.0 Å². The quantitative estimate of drug-likeness (QED) is 0.255. The van der Waals surface area contributed by atoms with Crippen molar-refractivity contribution < 1.29 is 4.79 Å². The predicted octanol–water partition coefficient (Wildman–Crippen LogP) is 6.88. The summed E-state index contributed by atoms with van der Waals surface area (Å²) in [4.78, 5) is 18.3. The molecule has 3 heterocycles. The van der Waals surface area contributed by atoms with Gasteiger partial charge in [0.1, 0.15) is 5.02 Å². The Balaban J connectivity index is 1.49. The number of nitrogens with zero attached hydrogens (tertiary/aromatic N) is 5. The fourth-order valence-electron chi connectivity index (χ4n) is 4.02. The van der Waals surface area contributed by atoms with E-state index in [2.05, 4.69) is 15.5 Å². The molecule has 5 rings (SSSR count). The van der Waals surface area contributed by atoms with E-state index in [0.717, 1.165) is 23.2 Å². The second-order valence-corrected chi connectivity index (χ2v) is 9.46. The minimum absolute atomic E-state index is 0.238. The molecule has 0 radical (unpaired) electrons. The van der Waals surface area contributed by atoms with Gasteiger partial charge in [-0.2, -0.15) is 10.2 Å². The maximum Gasteiger partial charge on any atom is 0.257 e. The molecule has 2 aromatic carbocycles. The Bertz CT molecular complexity index is 1590. The molecule has 1 N–H and O–H groups in total. The van der Waals surface area contributed by atoms with Crippen LogP contribution in [0.4, 0.5) is 5.82 Å². The Morgan fingerprint density at radius 1 is 0.944 bits per heavy atom. The highest BCUT2D eigenvalue weighted by atomic mass is 35.5. The number of pyridine rings is 1. The first-order valence-electron chi connectivity index (χ1n) is 11.3. The van der Waals surface area contributed by atoms with Gasteiger partial charge in [0.05, 0.1) is 29.0 Å². The molecular weight excluding hydrogens is 519 g/mol. The number of amides is 1. The second kappa shape index (κ2) is 9.93. The van der Waals surface area contributed by atoms with E-state index < -0.39 is 0 Å². The molecule has 7 nitrogen and oxygen atoms in total. The third kappa shape index (κ3) is 4.69. The van der Waals surface area contributed by atoms with E-state index >= 15 is 0 Å². The van der Waals surface area contributed by atoms with Crippen LogP contribution in [0.5, 0.6) is 0 Å². The molecule has 0 aliphatic rings. The number of carbonyl (C=O) groups is 1. The summed E-state index contributed by atoms with van der Waals surface area (Å²) in [6, 6.07) is 14.6. The topological polar surface area (TPSA) is 77.6 Å². The summed E-state index contributed by atoms with van der Waals surface area (Å²) in [6.07, 6.45) is 3.56. The minimum atomic E-state index is -0.349. The lowest BCUT2D eigenvalue weighted by molar-refractivity contribution is 0.102. The Labute approximate surface area is 222 Å². The molecule has 0 atom stereocenters. The first kappa shape index (κ1) is 24.3. The summed E-state index contributed by atoms with van der Waals surface area (Å²) in [5, 5.41) is 13.9. The zero-order valence-electron chi connectivity index (χ0n) is 19.5. The van der Waals surface area contributed by atoms with Crippen molar-refractivity contribution in [2.45, 2.75) is 26.9 Å². The van der Waals surface area contributed by atoms with Gasteiger partial charge in [-0.05, 0) is 38.1 Å². The molecule has 0 spiro atoms. The van der Waals surface area contributed by atoms with Gasteiger partial charge in [0.2, 0.25) is 0 Å². The highest BCUT2D eigenvalue weighted by Gasteiger charge is 2.19. The van der Waals surface area contributed by atoms with Gasteiger partial charge in [0.25, 0.3) is 5.91 Å². The van der Waals surface area contributed by atoms with Gasteiger partial charge in [0.15, 0.2) is 5.82 Å². The predicted molar refractivity (Wildman–Crippen MR) is 144 cm³/mol. The van der Waals surface area contributed by atoms with Crippen LogP contribution >= 0.6 is 34.8 Å². The van der Waals surface area contributed by atoms with Gasteiger partial charge in [-0.3, -0.25) is 14.2 Å². The second-order valence-electron chi connectivity index (χ2n) is 8.23. The molecule has 0 unspecified atom stereocenters. The first-order chi connectivity index (χ1) is 17.3. The zero-order valence-corrected chi connectivity index (χ0v) is 21.7. The SMILES string of the molecule is CCn1cc(-c2cc(C(=O)Nc3nn(Cc4c(Cl)cccc4Cl)cc3Cl)c3ccccc3n2)c(C)n1. The van der Waals surface area contributed by atoms with Gasteiger partial charge in [-0.25, -0.2) is 4.98 Å². The average molecular weight is 540 g/mol. The summed E-state index contributed by atoms with van der Waals surface area (Å²) in [5.74, 6) is -0.111. The van der Waals surface area contributed by atoms with Gasteiger partial charge in [-0.15, -0.1) is 0 Å². The van der Waals surface area contributed by atoms with Crippen molar-refractivity contribution in [2.24, 2.45) is 0 Å². The molecular formula is C26H21Cl3N6O. The molecule has 36 heavy (non-hydrogen) atoms. The number of halogens is 3. The van der Waals surface area contributed by atoms with E-state index in [1.807, 2.05) is 49.0 Å². The van der Waals surface area contributed by atoms with Crippen LogP contribution in [0.2, 0.25) is 15.1 Å². The van der Waals surface area contributed by atoms with Crippen molar-refractivity contribution in [1.29, 1.82) is 0 Å². The Morgan fingerprint density at radius 2 is 1.69 bits per heavy atom. The van der Waals surface area contributed by atoms with Crippen LogP contribution in [0.15, 0.2) is 60.9 Å². The van der Waals surface area contributed by atoms with Crippen molar-refractivity contribution in [3.05, 3.63) is 92.8 Å². The van der Waals surface area contributed by atoms with Crippen LogP contribution in [0.1, 0.15) is 28.5 Å².